The smallest absolute Gasteiger partial charge is 0.267 e. The highest BCUT2D eigenvalue weighted by molar-refractivity contribution is 5.90. The van der Waals surface area contributed by atoms with Gasteiger partial charge in [0.25, 0.3) is 5.56 Å². The first-order valence-corrected chi connectivity index (χ1v) is 8.86. The number of benzene rings is 2. The average Bonchev–Trinajstić information content (AvgIpc) is 2.56. The summed E-state index contributed by atoms with van der Waals surface area (Å²) in [5.41, 5.74) is 6.41. The number of hydrogen-bond donors (Lipinski definition) is 1. The Labute approximate surface area is 158 Å². The Morgan fingerprint density at radius 1 is 0.926 bits per heavy atom. The summed E-state index contributed by atoms with van der Waals surface area (Å²) in [5, 5.41) is 7.23. The highest BCUT2D eigenvalue weighted by Crippen LogP contribution is 2.21. The molecule has 0 unspecified atom stereocenters. The number of carbonyl (C=O) groups excluding carboxylic acids is 1. The summed E-state index contributed by atoms with van der Waals surface area (Å²) >= 11 is 0. The molecule has 3 aromatic rings. The lowest BCUT2D eigenvalue weighted by molar-refractivity contribution is -0.117. The van der Waals surface area contributed by atoms with Crippen LogP contribution in [0.4, 0.5) is 5.69 Å². The van der Waals surface area contributed by atoms with Crippen molar-refractivity contribution >= 4 is 11.6 Å². The molecule has 0 aliphatic rings. The van der Waals surface area contributed by atoms with E-state index in [1.54, 1.807) is 6.07 Å². The van der Waals surface area contributed by atoms with Crippen molar-refractivity contribution in [1.29, 1.82) is 0 Å². The van der Waals surface area contributed by atoms with Gasteiger partial charge in [-0.05, 0) is 62.6 Å². The fourth-order valence-corrected chi connectivity index (χ4v) is 3.19. The van der Waals surface area contributed by atoms with Gasteiger partial charge < -0.3 is 5.32 Å². The minimum Gasteiger partial charge on any atom is -0.324 e. The maximum absolute atomic E-state index is 12.4. The van der Waals surface area contributed by atoms with E-state index in [9.17, 15) is 9.59 Å². The molecule has 138 valence electrons. The molecule has 0 aliphatic carbocycles. The van der Waals surface area contributed by atoms with E-state index in [-0.39, 0.29) is 18.0 Å². The van der Waals surface area contributed by atoms with Gasteiger partial charge in [-0.2, -0.15) is 5.10 Å². The Kier molecular flexibility index (Phi) is 5.21. The van der Waals surface area contributed by atoms with E-state index in [2.05, 4.69) is 16.5 Å². The molecule has 0 atom stereocenters. The van der Waals surface area contributed by atoms with E-state index in [1.165, 1.54) is 10.7 Å². The Balaban J connectivity index is 1.84. The lowest BCUT2D eigenvalue weighted by Gasteiger charge is -2.11. The molecule has 0 saturated carbocycles. The van der Waals surface area contributed by atoms with Crippen molar-refractivity contribution in [3.8, 4) is 11.3 Å². The second-order valence-corrected chi connectivity index (χ2v) is 6.96. The summed E-state index contributed by atoms with van der Waals surface area (Å²) in [4.78, 5) is 24.6. The lowest BCUT2D eigenvalue weighted by Crippen LogP contribution is -2.29. The topological polar surface area (TPSA) is 64.0 Å². The molecule has 1 heterocycles. The molecule has 0 spiro atoms. The van der Waals surface area contributed by atoms with Gasteiger partial charge in [0.15, 0.2) is 0 Å². The molecule has 0 bridgehead atoms. The molecule has 1 aromatic heterocycles. The molecule has 0 saturated heterocycles. The zero-order valence-electron chi connectivity index (χ0n) is 16.0. The fraction of sp³-hybridized carbons (Fsp3) is 0.227. The van der Waals surface area contributed by atoms with Crippen LogP contribution in [0, 0.1) is 27.7 Å². The summed E-state index contributed by atoms with van der Waals surface area (Å²) in [5.74, 6) is -0.285. The number of aryl methyl sites for hydroxylation is 4. The van der Waals surface area contributed by atoms with Crippen LogP contribution in [0.25, 0.3) is 11.3 Å². The maximum atomic E-state index is 12.4. The Hall–Kier alpha value is -3.21. The second kappa shape index (κ2) is 7.58. The number of hydrogen-bond acceptors (Lipinski definition) is 3. The molecule has 1 N–H and O–H groups in total. The molecule has 3 rings (SSSR count). The van der Waals surface area contributed by atoms with Crippen LogP contribution in [0.2, 0.25) is 0 Å². The summed E-state index contributed by atoms with van der Waals surface area (Å²) < 4.78 is 1.20. The molecule has 1 amide bonds. The van der Waals surface area contributed by atoms with Gasteiger partial charge in [-0.15, -0.1) is 0 Å². The van der Waals surface area contributed by atoms with Gasteiger partial charge >= 0.3 is 0 Å². The SMILES string of the molecule is Cc1cc(C)cc(NC(=O)Cn2nc(-c3ccc(C)cc3C)ccc2=O)c1. The highest BCUT2D eigenvalue weighted by atomic mass is 16.2. The van der Waals surface area contributed by atoms with E-state index >= 15 is 0 Å². The molecule has 0 fully saturated rings. The number of aromatic nitrogens is 2. The van der Waals surface area contributed by atoms with E-state index in [1.807, 2.05) is 58.0 Å². The fourth-order valence-electron chi connectivity index (χ4n) is 3.19. The van der Waals surface area contributed by atoms with E-state index in [4.69, 9.17) is 0 Å². The number of nitrogens with zero attached hydrogens (tertiary/aromatic N) is 2. The van der Waals surface area contributed by atoms with Gasteiger partial charge in [0, 0.05) is 17.3 Å². The minimum atomic E-state index is -0.306. The molecule has 0 radical (unpaired) electrons. The minimum absolute atomic E-state index is 0.134. The van der Waals surface area contributed by atoms with Gasteiger partial charge in [0.1, 0.15) is 6.54 Å². The molecule has 0 aliphatic heterocycles. The van der Waals surface area contributed by atoms with Crippen LogP contribution in [-0.4, -0.2) is 15.7 Å². The Morgan fingerprint density at radius 3 is 2.30 bits per heavy atom. The highest BCUT2D eigenvalue weighted by Gasteiger charge is 2.10. The van der Waals surface area contributed by atoms with Crippen molar-refractivity contribution in [2.24, 2.45) is 0 Å². The van der Waals surface area contributed by atoms with E-state index in [0.29, 0.717) is 5.69 Å². The van der Waals surface area contributed by atoms with Crippen LogP contribution >= 0.6 is 0 Å². The largest absolute Gasteiger partial charge is 0.324 e. The molecule has 5 heteroatoms. The molecule has 27 heavy (non-hydrogen) atoms. The van der Waals surface area contributed by atoms with Gasteiger partial charge in [-0.1, -0.05) is 29.8 Å². The monoisotopic (exact) mass is 361 g/mol. The quantitative estimate of drug-likeness (QED) is 0.769. The Morgan fingerprint density at radius 2 is 1.63 bits per heavy atom. The second-order valence-electron chi connectivity index (χ2n) is 6.96. The van der Waals surface area contributed by atoms with E-state index < -0.39 is 0 Å². The van der Waals surface area contributed by atoms with Crippen molar-refractivity contribution in [3.63, 3.8) is 0 Å². The molecular weight excluding hydrogens is 338 g/mol. The average molecular weight is 361 g/mol. The standard InChI is InChI=1S/C22H23N3O2/c1-14-5-6-19(17(4)10-14)20-7-8-22(27)25(24-20)13-21(26)23-18-11-15(2)9-16(3)12-18/h5-12H,13H2,1-4H3,(H,23,26). The summed E-state index contributed by atoms with van der Waals surface area (Å²) in [7, 11) is 0. The van der Waals surface area contributed by atoms with Crippen molar-refractivity contribution in [2.45, 2.75) is 34.2 Å². The van der Waals surface area contributed by atoms with Crippen LogP contribution in [0.5, 0.6) is 0 Å². The number of carbonyl (C=O) groups is 1. The normalized spacial score (nSPS) is 10.7. The zero-order chi connectivity index (χ0) is 19.6. The van der Waals surface area contributed by atoms with Gasteiger partial charge in [-0.25, -0.2) is 4.68 Å². The van der Waals surface area contributed by atoms with Crippen LogP contribution in [0.15, 0.2) is 53.3 Å². The third kappa shape index (κ3) is 4.50. The first-order chi connectivity index (χ1) is 12.8. The third-order valence-corrected chi connectivity index (χ3v) is 4.32. The number of rotatable bonds is 4. The van der Waals surface area contributed by atoms with Crippen LogP contribution in [0.3, 0.4) is 0 Å². The van der Waals surface area contributed by atoms with Crippen molar-refractivity contribution < 1.29 is 4.79 Å². The lowest BCUT2D eigenvalue weighted by atomic mass is 10.0. The predicted octanol–water partition coefficient (Wildman–Crippen LogP) is 3.78. The Bertz CT molecular complexity index is 1050. The van der Waals surface area contributed by atoms with Crippen molar-refractivity contribution in [2.75, 3.05) is 5.32 Å². The van der Waals surface area contributed by atoms with Crippen LogP contribution in [0.1, 0.15) is 22.3 Å². The molecule has 5 nitrogen and oxygen atoms in total. The third-order valence-electron chi connectivity index (χ3n) is 4.32. The van der Waals surface area contributed by atoms with Gasteiger partial charge in [0.05, 0.1) is 5.69 Å². The van der Waals surface area contributed by atoms with Gasteiger partial charge in [-0.3, -0.25) is 9.59 Å². The maximum Gasteiger partial charge on any atom is 0.267 e. The molecular formula is C22H23N3O2. The zero-order valence-corrected chi connectivity index (χ0v) is 16.0. The van der Waals surface area contributed by atoms with Crippen molar-refractivity contribution in [3.05, 3.63) is 81.1 Å². The predicted molar refractivity (Wildman–Crippen MR) is 108 cm³/mol. The number of amides is 1. The van der Waals surface area contributed by atoms with Crippen molar-refractivity contribution in [1.82, 2.24) is 9.78 Å². The first kappa shape index (κ1) is 18.6. The molecule has 2 aromatic carbocycles. The summed E-state index contributed by atoms with van der Waals surface area (Å²) in [6.45, 7) is 7.85. The van der Waals surface area contributed by atoms with E-state index in [0.717, 1.165) is 33.5 Å². The van der Waals surface area contributed by atoms with Crippen LogP contribution in [-0.2, 0) is 11.3 Å². The van der Waals surface area contributed by atoms with Crippen LogP contribution < -0.4 is 10.9 Å². The first-order valence-electron chi connectivity index (χ1n) is 8.86. The van der Waals surface area contributed by atoms with Gasteiger partial charge in [0.2, 0.25) is 5.91 Å². The summed E-state index contributed by atoms with van der Waals surface area (Å²) in [6, 6.07) is 15.0. The number of anilines is 1. The number of nitrogens with one attached hydrogen (secondary N) is 1. The summed E-state index contributed by atoms with van der Waals surface area (Å²) in [6.07, 6.45) is 0.